The Kier molecular flexibility index (Phi) is 5.61. The fraction of sp³-hybridized carbons (Fsp3) is 0.316. The number of nitriles is 1. The molecule has 0 radical (unpaired) electrons. The second kappa shape index (κ2) is 8.27. The Bertz CT molecular complexity index is 942. The van der Waals surface area contributed by atoms with Gasteiger partial charge in [-0.25, -0.2) is 9.97 Å². The lowest BCUT2D eigenvalue weighted by Gasteiger charge is -2.19. The fourth-order valence-electron chi connectivity index (χ4n) is 2.80. The van der Waals surface area contributed by atoms with E-state index in [4.69, 9.17) is 16.0 Å². The minimum Gasteiger partial charge on any atom is -0.381 e. The Labute approximate surface area is 158 Å². The second-order valence-corrected chi connectivity index (χ2v) is 6.23. The molecule has 3 N–H and O–H groups in total. The number of anilines is 2. The average Bonchev–Trinajstić information content (AvgIpc) is 3.07. The van der Waals surface area contributed by atoms with E-state index in [1.165, 1.54) is 0 Å². The van der Waals surface area contributed by atoms with Gasteiger partial charge in [0.05, 0.1) is 5.69 Å². The molecule has 0 aliphatic carbocycles. The van der Waals surface area contributed by atoms with Gasteiger partial charge >= 0.3 is 0 Å². The van der Waals surface area contributed by atoms with Crippen LogP contribution in [-0.2, 0) is 12.8 Å². The van der Waals surface area contributed by atoms with Crippen molar-refractivity contribution in [1.29, 1.82) is 5.26 Å². The van der Waals surface area contributed by atoms with Crippen molar-refractivity contribution >= 4 is 11.6 Å². The largest absolute Gasteiger partial charge is 0.381 e. The van der Waals surface area contributed by atoms with E-state index < -0.39 is 0 Å². The van der Waals surface area contributed by atoms with Crippen LogP contribution in [0.1, 0.15) is 30.3 Å². The molecule has 0 atom stereocenters. The summed E-state index contributed by atoms with van der Waals surface area (Å²) in [6.07, 6.45) is 5.84. The van der Waals surface area contributed by atoms with Crippen LogP contribution in [-0.4, -0.2) is 38.7 Å². The summed E-state index contributed by atoms with van der Waals surface area (Å²) in [4.78, 5) is 15.5. The van der Waals surface area contributed by atoms with Crippen molar-refractivity contribution in [1.82, 2.24) is 25.1 Å². The van der Waals surface area contributed by atoms with Crippen LogP contribution in [0.5, 0.6) is 0 Å². The first kappa shape index (κ1) is 18.3. The molecule has 27 heavy (non-hydrogen) atoms. The van der Waals surface area contributed by atoms with Crippen LogP contribution in [0.25, 0.3) is 11.4 Å². The first-order chi connectivity index (χ1) is 13.1. The molecular weight excluding hydrogens is 340 g/mol. The number of hydrogen-bond donors (Lipinski definition) is 2. The van der Waals surface area contributed by atoms with Crippen LogP contribution in [0, 0.1) is 11.3 Å². The van der Waals surface area contributed by atoms with Gasteiger partial charge in [-0.2, -0.15) is 10.4 Å². The monoisotopic (exact) mass is 362 g/mol. The molecule has 3 aromatic heterocycles. The van der Waals surface area contributed by atoms with Crippen LogP contribution in [0.15, 0.2) is 30.6 Å². The zero-order chi connectivity index (χ0) is 19.2. The molecule has 0 amide bonds. The van der Waals surface area contributed by atoms with E-state index in [0.717, 1.165) is 42.2 Å². The summed E-state index contributed by atoms with van der Waals surface area (Å²) < 4.78 is 0. The lowest BCUT2D eigenvalue weighted by Crippen LogP contribution is -2.21. The van der Waals surface area contributed by atoms with Gasteiger partial charge in [-0.1, -0.05) is 6.92 Å². The van der Waals surface area contributed by atoms with Crippen molar-refractivity contribution in [3.05, 3.63) is 47.5 Å². The molecule has 8 nitrogen and oxygen atoms in total. The molecule has 8 heteroatoms. The molecule has 3 aromatic rings. The minimum absolute atomic E-state index is 0.256. The number of nitrogens with one attached hydrogen (secondary N) is 1. The lowest BCUT2D eigenvalue weighted by atomic mass is 10.1. The lowest BCUT2D eigenvalue weighted by molar-refractivity contribution is 0.757. The second-order valence-electron chi connectivity index (χ2n) is 6.23. The molecule has 0 fully saturated rings. The van der Waals surface area contributed by atoms with Crippen LogP contribution in [0.4, 0.5) is 11.6 Å². The van der Waals surface area contributed by atoms with E-state index in [0.29, 0.717) is 17.8 Å². The third-order valence-electron chi connectivity index (χ3n) is 4.36. The Balaban J connectivity index is 1.72. The third kappa shape index (κ3) is 4.20. The normalized spacial score (nSPS) is 10.6. The van der Waals surface area contributed by atoms with Gasteiger partial charge in [-0.05, 0) is 31.4 Å². The highest BCUT2D eigenvalue weighted by Crippen LogP contribution is 2.20. The van der Waals surface area contributed by atoms with Crippen molar-refractivity contribution in [2.45, 2.75) is 26.2 Å². The number of rotatable bonds is 7. The minimum atomic E-state index is 0.256. The van der Waals surface area contributed by atoms with Crippen molar-refractivity contribution < 1.29 is 0 Å². The van der Waals surface area contributed by atoms with Gasteiger partial charge in [0.25, 0.3) is 0 Å². The molecule has 0 aromatic carbocycles. The molecule has 0 saturated heterocycles. The topological polar surface area (TPSA) is 120 Å². The summed E-state index contributed by atoms with van der Waals surface area (Å²) in [6.45, 7) is 2.86. The van der Waals surface area contributed by atoms with Crippen LogP contribution >= 0.6 is 0 Å². The van der Waals surface area contributed by atoms with E-state index in [1.807, 2.05) is 25.2 Å². The highest BCUT2D eigenvalue weighted by Gasteiger charge is 2.12. The number of aromatic nitrogens is 5. The Morgan fingerprint density at radius 3 is 2.74 bits per heavy atom. The van der Waals surface area contributed by atoms with Gasteiger partial charge in [0.1, 0.15) is 17.5 Å². The third-order valence-corrected chi connectivity index (χ3v) is 4.36. The van der Waals surface area contributed by atoms with Gasteiger partial charge in [0.15, 0.2) is 11.6 Å². The molecule has 3 rings (SSSR count). The van der Waals surface area contributed by atoms with Gasteiger partial charge in [0, 0.05) is 43.3 Å². The maximum absolute atomic E-state index is 9.15. The zero-order valence-electron chi connectivity index (χ0n) is 15.5. The molecule has 0 aliphatic rings. The number of aryl methyl sites for hydroxylation is 2. The fourth-order valence-corrected chi connectivity index (χ4v) is 2.80. The summed E-state index contributed by atoms with van der Waals surface area (Å²) in [7, 11) is 2.00. The smallest absolute Gasteiger partial charge is 0.163 e. The van der Waals surface area contributed by atoms with E-state index in [1.54, 1.807) is 12.4 Å². The predicted octanol–water partition coefficient (Wildman–Crippen LogP) is 2.35. The van der Waals surface area contributed by atoms with Crippen molar-refractivity contribution in [3.63, 3.8) is 0 Å². The van der Waals surface area contributed by atoms with Crippen molar-refractivity contribution in [3.8, 4) is 17.5 Å². The number of pyridine rings is 1. The molecule has 0 aliphatic heterocycles. The van der Waals surface area contributed by atoms with E-state index in [9.17, 15) is 0 Å². The molecule has 0 bridgehead atoms. The Morgan fingerprint density at radius 1 is 1.26 bits per heavy atom. The van der Waals surface area contributed by atoms with Gasteiger partial charge in [-0.15, -0.1) is 0 Å². The molecule has 0 saturated carbocycles. The SMILES string of the molecule is CCc1cc(N(C)CCCc2[nH]nc(N)c2C#N)nc(-c2ccncc2)n1. The van der Waals surface area contributed by atoms with Gasteiger partial charge in [-0.3, -0.25) is 10.1 Å². The number of nitrogens with zero attached hydrogens (tertiary/aromatic N) is 6. The van der Waals surface area contributed by atoms with E-state index in [2.05, 4.69) is 38.1 Å². The van der Waals surface area contributed by atoms with Crippen molar-refractivity contribution in [2.24, 2.45) is 0 Å². The molecule has 0 unspecified atom stereocenters. The average molecular weight is 362 g/mol. The maximum Gasteiger partial charge on any atom is 0.163 e. The van der Waals surface area contributed by atoms with E-state index in [-0.39, 0.29) is 5.82 Å². The standard InChI is InChI=1S/C19H22N8/c1-3-14-11-17(24-19(23-14)13-6-8-22-9-7-13)27(2)10-4-5-16-15(12-20)18(21)26-25-16/h6-9,11H,3-5,10H2,1-2H3,(H3,21,25,26). The maximum atomic E-state index is 9.15. The number of nitrogen functional groups attached to an aromatic ring is 1. The highest BCUT2D eigenvalue weighted by atomic mass is 15.2. The summed E-state index contributed by atoms with van der Waals surface area (Å²) in [5.74, 6) is 1.83. The number of aromatic amines is 1. The van der Waals surface area contributed by atoms with E-state index >= 15 is 0 Å². The summed E-state index contributed by atoms with van der Waals surface area (Å²) >= 11 is 0. The van der Waals surface area contributed by atoms with Crippen LogP contribution in [0.2, 0.25) is 0 Å². The zero-order valence-corrected chi connectivity index (χ0v) is 15.5. The molecule has 138 valence electrons. The number of H-pyrrole nitrogens is 1. The highest BCUT2D eigenvalue weighted by molar-refractivity contribution is 5.57. The number of nitrogens with two attached hydrogens (primary N) is 1. The first-order valence-corrected chi connectivity index (χ1v) is 8.84. The molecular formula is C19H22N8. The number of hydrogen-bond acceptors (Lipinski definition) is 7. The summed E-state index contributed by atoms with van der Waals surface area (Å²) in [5, 5.41) is 15.9. The first-order valence-electron chi connectivity index (χ1n) is 8.84. The predicted molar refractivity (Wildman–Crippen MR) is 104 cm³/mol. The molecule has 0 spiro atoms. The van der Waals surface area contributed by atoms with Gasteiger partial charge in [0.2, 0.25) is 0 Å². The summed E-state index contributed by atoms with van der Waals surface area (Å²) in [5.41, 5.74) is 8.83. The van der Waals surface area contributed by atoms with Crippen LogP contribution in [0.3, 0.4) is 0 Å². The Hall–Kier alpha value is -3.47. The van der Waals surface area contributed by atoms with Crippen molar-refractivity contribution in [2.75, 3.05) is 24.2 Å². The molecule has 3 heterocycles. The summed E-state index contributed by atoms with van der Waals surface area (Å²) in [6, 6.07) is 7.92. The van der Waals surface area contributed by atoms with Gasteiger partial charge < -0.3 is 10.6 Å². The quantitative estimate of drug-likeness (QED) is 0.662. The van der Waals surface area contributed by atoms with Crippen LogP contribution < -0.4 is 10.6 Å². The Morgan fingerprint density at radius 2 is 2.04 bits per heavy atom.